The molecule has 1 heterocycles. The molecule has 78 valence electrons. The molecule has 0 spiro atoms. The Bertz CT molecular complexity index is 311. The summed E-state index contributed by atoms with van der Waals surface area (Å²) in [7, 11) is 0. The van der Waals surface area contributed by atoms with Crippen LogP contribution >= 0.6 is 0 Å². The van der Waals surface area contributed by atoms with E-state index in [2.05, 4.69) is 0 Å². The van der Waals surface area contributed by atoms with Crippen molar-refractivity contribution in [1.29, 1.82) is 0 Å². The molecule has 14 heavy (non-hydrogen) atoms. The zero-order chi connectivity index (χ0) is 10.6. The quantitative estimate of drug-likeness (QED) is 0.639. The van der Waals surface area contributed by atoms with Crippen molar-refractivity contribution in [1.82, 2.24) is 0 Å². The molecule has 1 N–H and O–H groups in total. The molecule has 4 heteroatoms. The first-order valence-corrected chi connectivity index (χ1v) is 4.82. The van der Waals surface area contributed by atoms with Gasteiger partial charge in [0.1, 0.15) is 0 Å². The van der Waals surface area contributed by atoms with E-state index in [1.165, 1.54) is 0 Å². The second kappa shape index (κ2) is 2.49. The average Bonchev–Trinajstić information content (AvgIpc) is 2.53. The first-order chi connectivity index (χ1) is 6.42. The number of fused-ring (bicyclic) bond motifs is 1. The molecule has 2 aliphatic rings. The summed E-state index contributed by atoms with van der Waals surface area (Å²) in [6, 6.07) is 0. The van der Waals surface area contributed by atoms with Gasteiger partial charge in [-0.1, -0.05) is 6.92 Å². The van der Waals surface area contributed by atoms with Gasteiger partial charge >= 0.3 is 11.9 Å². The number of esters is 1. The molecule has 0 aromatic rings. The van der Waals surface area contributed by atoms with Crippen molar-refractivity contribution in [3.05, 3.63) is 0 Å². The van der Waals surface area contributed by atoms with E-state index in [1.807, 2.05) is 6.92 Å². The van der Waals surface area contributed by atoms with E-state index in [1.54, 1.807) is 6.92 Å². The van der Waals surface area contributed by atoms with Crippen molar-refractivity contribution >= 4 is 11.9 Å². The second-order valence-corrected chi connectivity index (χ2v) is 4.75. The third-order valence-corrected chi connectivity index (χ3v) is 4.23. The number of ether oxygens (including phenoxy) is 1. The van der Waals surface area contributed by atoms with Crippen LogP contribution in [0.15, 0.2) is 0 Å². The van der Waals surface area contributed by atoms with Gasteiger partial charge in [0, 0.05) is 5.41 Å². The van der Waals surface area contributed by atoms with Gasteiger partial charge < -0.3 is 9.84 Å². The lowest BCUT2D eigenvalue weighted by atomic mass is 9.66. The van der Waals surface area contributed by atoms with Crippen molar-refractivity contribution in [2.24, 2.45) is 16.7 Å². The highest BCUT2D eigenvalue weighted by Crippen LogP contribution is 2.59. The predicted octanol–water partition coefficient (Wildman–Crippen LogP) is 1.05. The zero-order valence-electron chi connectivity index (χ0n) is 8.37. The minimum absolute atomic E-state index is 0.219. The molecular weight excluding hydrogens is 184 g/mol. The fourth-order valence-corrected chi connectivity index (χ4v) is 2.73. The Labute approximate surface area is 82.2 Å². The Morgan fingerprint density at radius 3 is 2.79 bits per heavy atom. The Kier molecular flexibility index (Phi) is 1.69. The summed E-state index contributed by atoms with van der Waals surface area (Å²) in [4.78, 5) is 22.6. The number of hydrogen-bond donors (Lipinski definition) is 1. The summed E-state index contributed by atoms with van der Waals surface area (Å²) in [5.41, 5.74) is -1.33. The number of carbonyl (C=O) groups excluding carboxylic acids is 1. The van der Waals surface area contributed by atoms with Gasteiger partial charge in [0.05, 0.1) is 17.9 Å². The Hall–Kier alpha value is -1.06. The van der Waals surface area contributed by atoms with E-state index in [0.717, 1.165) is 0 Å². The van der Waals surface area contributed by atoms with Crippen LogP contribution < -0.4 is 0 Å². The van der Waals surface area contributed by atoms with Crippen LogP contribution in [-0.4, -0.2) is 23.7 Å². The third kappa shape index (κ3) is 0.837. The number of hydrogen-bond acceptors (Lipinski definition) is 3. The number of carboxylic acid groups (broad SMARTS) is 1. The monoisotopic (exact) mass is 198 g/mol. The van der Waals surface area contributed by atoms with Crippen molar-refractivity contribution in [3.63, 3.8) is 0 Å². The highest BCUT2D eigenvalue weighted by molar-refractivity contribution is 5.82. The average molecular weight is 198 g/mol. The molecule has 2 fully saturated rings. The largest absolute Gasteiger partial charge is 0.481 e. The summed E-state index contributed by atoms with van der Waals surface area (Å²) >= 11 is 0. The number of carbonyl (C=O) groups is 2. The van der Waals surface area contributed by atoms with Gasteiger partial charge in [0.2, 0.25) is 0 Å². The molecule has 2 rings (SSSR count). The lowest BCUT2D eigenvalue weighted by Gasteiger charge is -2.34. The summed E-state index contributed by atoms with van der Waals surface area (Å²) in [6.07, 6.45) is 1.21. The van der Waals surface area contributed by atoms with Gasteiger partial charge in [-0.05, 0) is 19.8 Å². The molecule has 0 bridgehead atoms. The van der Waals surface area contributed by atoms with Crippen LogP contribution in [0.3, 0.4) is 0 Å². The Morgan fingerprint density at radius 1 is 1.57 bits per heavy atom. The maximum Gasteiger partial charge on any atom is 0.310 e. The zero-order valence-corrected chi connectivity index (χ0v) is 8.37. The van der Waals surface area contributed by atoms with Crippen LogP contribution in [0, 0.1) is 16.7 Å². The summed E-state index contributed by atoms with van der Waals surface area (Å²) < 4.78 is 4.97. The standard InChI is InChI=1S/C10H14O4/c1-9(8(12)13)4-3-6-7(11)14-5-10(6,9)2/h6H,3-5H2,1-2H3,(H,12,13)/t6-,9-,10+/m0/s1. The molecule has 0 unspecified atom stereocenters. The molecule has 0 amide bonds. The predicted molar refractivity (Wildman–Crippen MR) is 47.5 cm³/mol. The number of cyclic esters (lactones) is 1. The molecule has 4 nitrogen and oxygen atoms in total. The summed E-state index contributed by atoms with van der Waals surface area (Å²) in [5.74, 6) is -1.26. The lowest BCUT2D eigenvalue weighted by Crippen LogP contribution is -2.43. The van der Waals surface area contributed by atoms with Gasteiger partial charge in [0.25, 0.3) is 0 Å². The van der Waals surface area contributed by atoms with Crippen LogP contribution in [0.25, 0.3) is 0 Å². The van der Waals surface area contributed by atoms with E-state index >= 15 is 0 Å². The number of carboxylic acids is 1. The first-order valence-electron chi connectivity index (χ1n) is 4.82. The SMILES string of the molecule is C[C@@]1(C(=O)O)CC[C@H]2C(=O)OC[C@]21C. The van der Waals surface area contributed by atoms with Crippen molar-refractivity contribution in [2.45, 2.75) is 26.7 Å². The van der Waals surface area contributed by atoms with E-state index in [0.29, 0.717) is 12.8 Å². The second-order valence-electron chi connectivity index (χ2n) is 4.75. The molecule has 0 aromatic heterocycles. The van der Waals surface area contributed by atoms with E-state index in [4.69, 9.17) is 4.74 Å². The summed E-state index contributed by atoms with van der Waals surface area (Å²) in [6.45, 7) is 3.82. The Morgan fingerprint density at radius 2 is 2.21 bits per heavy atom. The maximum atomic E-state index is 11.4. The first kappa shape index (κ1) is 9.49. The van der Waals surface area contributed by atoms with Crippen LogP contribution in [0.4, 0.5) is 0 Å². The summed E-state index contributed by atoms with van der Waals surface area (Å²) in [5, 5.41) is 9.20. The highest BCUT2D eigenvalue weighted by Gasteiger charge is 2.65. The van der Waals surface area contributed by atoms with Crippen molar-refractivity contribution < 1.29 is 19.4 Å². The van der Waals surface area contributed by atoms with E-state index in [-0.39, 0.29) is 18.5 Å². The highest BCUT2D eigenvalue weighted by atomic mass is 16.5. The van der Waals surface area contributed by atoms with Gasteiger partial charge in [-0.2, -0.15) is 0 Å². The topological polar surface area (TPSA) is 63.6 Å². The third-order valence-electron chi connectivity index (χ3n) is 4.23. The van der Waals surface area contributed by atoms with Gasteiger partial charge in [-0.25, -0.2) is 0 Å². The molecule has 1 aliphatic heterocycles. The maximum absolute atomic E-state index is 11.4. The lowest BCUT2D eigenvalue weighted by molar-refractivity contribution is -0.155. The van der Waals surface area contributed by atoms with Crippen molar-refractivity contribution in [3.8, 4) is 0 Å². The van der Waals surface area contributed by atoms with Gasteiger partial charge in [-0.15, -0.1) is 0 Å². The van der Waals surface area contributed by atoms with Crippen molar-refractivity contribution in [2.75, 3.05) is 6.61 Å². The van der Waals surface area contributed by atoms with Gasteiger partial charge in [-0.3, -0.25) is 9.59 Å². The normalized spacial score (nSPS) is 46.1. The van der Waals surface area contributed by atoms with E-state index in [9.17, 15) is 14.7 Å². The molecule has 1 saturated heterocycles. The van der Waals surface area contributed by atoms with Crippen LogP contribution in [0.5, 0.6) is 0 Å². The minimum atomic E-state index is -0.819. The van der Waals surface area contributed by atoms with Crippen LogP contribution in [-0.2, 0) is 14.3 Å². The van der Waals surface area contributed by atoms with Crippen LogP contribution in [0.2, 0.25) is 0 Å². The molecule has 0 radical (unpaired) electrons. The molecule has 1 saturated carbocycles. The van der Waals surface area contributed by atoms with Crippen LogP contribution in [0.1, 0.15) is 26.7 Å². The van der Waals surface area contributed by atoms with E-state index < -0.39 is 16.8 Å². The fraction of sp³-hybridized carbons (Fsp3) is 0.800. The Balaban J connectivity index is 2.42. The molecule has 1 aliphatic carbocycles. The molecule has 0 aromatic carbocycles. The smallest absolute Gasteiger partial charge is 0.310 e. The number of aliphatic carboxylic acids is 1. The number of rotatable bonds is 1. The molecular formula is C10H14O4. The van der Waals surface area contributed by atoms with Gasteiger partial charge in [0.15, 0.2) is 0 Å². The molecule has 3 atom stereocenters. The minimum Gasteiger partial charge on any atom is -0.481 e. The fourth-order valence-electron chi connectivity index (χ4n) is 2.73.